The van der Waals surface area contributed by atoms with E-state index >= 15 is 0 Å². The van der Waals surface area contributed by atoms with Gasteiger partial charge in [-0.15, -0.1) is 0 Å². The van der Waals surface area contributed by atoms with E-state index in [-0.39, 0.29) is 11.3 Å². The molecule has 1 aromatic rings. The van der Waals surface area contributed by atoms with Gasteiger partial charge in [0.05, 0.1) is 11.9 Å². The van der Waals surface area contributed by atoms with Crippen LogP contribution in [-0.4, -0.2) is 25.3 Å². The quantitative estimate of drug-likeness (QED) is 0.809. The summed E-state index contributed by atoms with van der Waals surface area (Å²) in [4.78, 5) is 0. The Morgan fingerprint density at radius 2 is 2.00 bits per heavy atom. The molecule has 4 nitrogen and oxygen atoms in total. The van der Waals surface area contributed by atoms with Crippen LogP contribution in [-0.2, 0) is 10.0 Å². The van der Waals surface area contributed by atoms with Crippen LogP contribution < -0.4 is 4.72 Å². The number of halogens is 2. The standard InChI is InChI=1S/C14H19F2NO3S/c1-9(17-21(19,20)7-6-10-2-3-10)14(18)11-4-5-12(15)13(16)8-11/h4-5,8-10,14,17-18H,2-3,6-7H2,1H3. The third-order valence-corrected chi connectivity index (χ3v) is 5.12. The minimum absolute atomic E-state index is 0.0203. The zero-order chi connectivity index (χ0) is 15.6. The van der Waals surface area contributed by atoms with Crippen molar-refractivity contribution in [1.82, 2.24) is 4.72 Å². The third-order valence-electron chi connectivity index (χ3n) is 3.62. The maximum absolute atomic E-state index is 13.1. The summed E-state index contributed by atoms with van der Waals surface area (Å²) < 4.78 is 52.1. The topological polar surface area (TPSA) is 66.4 Å². The van der Waals surface area contributed by atoms with Gasteiger partial charge >= 0.3 is 0 Å². The molecule has 2 rings (SSSR count). The number of rotatable bonds is 7. The van der Waals surface area contributed by atoms with E-state index < -0.39 is 33.8 Å². The summed E-state index contributed by atoms with van der Waals surface area (Å²) in [7, 11) is -3.49. The Bertz CT molecular complexity index is 602. The van der Waals surface area contributed by atoms with E-state index in [9.17, 15) is 22.3 Å². The molecule has 1 aliphatic carbocycles. The molecule has 118 valence electrons. The van der Waals surface area contributed by atoms with Crippen molar-refractivity contribution in [2.24, 2.45) is 5.92 Å². The molecule has 1 fully saturated rings. The van der Waals surface area contributed by atoms with Gasteiger partial charge < -0.3 is 5.11 Å². The van der Waals surface area contributed by atoms with Gasteiger partial charge in [0.1, 0.15) is 0 Å². The van der Waals surface area contributed by atoms with Crippen molar-refractivity contribution >= 4 is 10.0 Å². The number of benzene rings is 1. The second-order valence-electron chi connectivity index (χ2n) is 5.58. The SMILES string of the molecule is CC(NS(=O)(=O)CCC1CC1)C(O)c1ccc(F)c(F)c1. The van der Waals surface area contributed by atoms with Gasteiger partial charge in [-0.3, -0.25) is 0 Å². The van der Waals surface area contributed by atoms with Crippen molar-refractivity contribution in [3.8, 4) is 0 Å². The Kier molecular flexibility index (Phi) is 4.95. The molecule has 0 aromatic heterocycles. The molecule has 2 unspecified atom stereocenters. The molecule has 0 radical (unpaired) electrons. The van der Waals surface area contributed by atoms with Gasteiger partial charge in [0.15, 0.2) is 11.6 Å². The number of sulfonamides is 1. The average Bonchev–Trinajstić information content (AvgIpc) is 3.22. The fourth-order valence-electron chi connectivity index (χ4n) is 2.12. The van der Waals surface area contributed by atoms with Crippen LogP contribution in [0.15, 0.2) is 18.2 Å². The first-order chi connectivity index (χ1) is 9.78. The van der Waals surface area contributed by atoms with Crippen molar-refractivity contribution in [3.05, 3.63) is 35.4 Å². The Morgan fingerprint density at radius 1 is 1.33 bits per heavy atom. The molecule has 0 amide bonds. The minimum atomic E-state index is -3.49. The zero-order valence-electron chi connectivity index (χ0n) is 11.7. The van der Waals surface area contributed by atoms with Gasteiger partial charge in [-0.25, -0.2) is 21.9 Å². The van der Waals surface area contributed by atoms with E-state index in [4.69, 9.17) is 0 Å². The maximum Gasteiger partial charge on any atom is 0.211 e. The molecule has 1 aromatic carbocycles. The molecule has 2 N–H and O–H groups in total. The van der Waals surface area contributed by atoms with Crippen molar-refractivity contribution in [1.29, 1.82) is 0 Å². The molecule has 0 spiro atoms. The molecule has 0 saturated heterocycles. The number of aliphatic hydroxyl groups is 1. The first-order valence-corrected chi connectivity index (χ1v) is 8.57. The number of hydrogen-bond acceptors (Lipinski definition) is 3. The lowest BCUT2D eigenvalue weighted by Gasteiger charge is -2.20. The smallest absolute Gasteiger partial charge is 0.211 e. The molecule has 1 aliphatic rings. The fourth-order valence-corrected chi connectivity index (χ4v) is 3.58. The molecule has 2 atom stereocenters. The molecular weight excluding hydrogens is 300 g/mol. The summed E-state index contributed by atoms with van der Waals surface area (Å²) in [5.41, 5.74) is 0.131. The van der Waals surface area contributed by atoms with Crippen molar-refractivity contribution in [2.75, 3.05) is 5.75 Å². The predicted molar refractivity (Wildman–Crippen MR) is 75.0 cm³/mol. The van der Waals surface area contributed by atoms with Crippen LogP contribution in [0.5, 0.6) is 0 Å². The van der Waals surface area contributed by atoms with Crippen LogP contribution in [0.1, 0.15) is 37.9 Å². The Labute approximate surface area is 123 Å². The second-order valence-corrected chi connectivity index (χ2v) is 7.45. The molecule has 1 saturated carbocycles. The van der Waals surface area contributed by atoms with Crippen LogP contribution in [0.3, 0.4) is 0 Å². The van der Waals surface area contributed by atoms with Crippen LogP contribution in [0.4, 0.5) is 8.78 Å². The van der Waals surface area contributed by atoms with Crippen molar-refractivity contribution in [3.63, 3.8) is 0 Å². The summed E-state index contributed by atoms with van der Waals surface area (Å²) in [5, 5.41) is 10.0. The summed E-state index contributed by atoms with van der Waals surface area (Å²) >= 11 is 0. The highest BCUT2D eigenvalue weighted by Gasteiger charge is 2.26. The molecular formula is C14H19F2NO3S. The highest BCUT2D eigenvalue weighted by Crippen LogP contribution is 2.32. The van der Waals surface area contributed by atoms with Gasteiger partial charge in [-0.1, -0.05) is 18.9 Å². The van der Waals surface area contributed by atoms with E-state index in [1.165, 1.54) is 13.0 Å². The maximum atomic E-state index is 13.1. The van der Waals surface area contributed by atoms with Crippen LogP contribution in [0, 0.1) is 17.6 Å². The van der Waals surface area contributed by atoms with Gasteiger partial charge in [0.2, 0.25) is 10.0 Å². The highest BCUT2D eigenvalue weighted by atomic mass is 32.2. The molecule has 21 heavy (non-hydrogen) atoms. The van der Waals surface area contributed by atoms with E-state index in [0.29, 0.717) is 12.3 Å². The zero-order valence-corrected chi connectivity index (χ0v) is 12.5. The predicted octanol–water partition coefficient (Wildman–Crippen LogP) is 2.11. The largest absolute Gasteiger partial charge is 0.387 e. The van der Waals surface area contributed by atoms with Crippen molar-refractivity contribution in [2.45, 2.75) is 38.3 Å². The second kappa shape index (κ2) is 6.37. The molecule has 7 heteroatoms. The third kappa shape index (κ3) is 4.72. The monoisotopic (exact) mass is 319 g/mol. The van der Waals surface area contributed by atoms with E-state index in [1.54, 1.807) is 0 Å². The van der Waals surface area contributed by atoms with Crippen LogP contribution in [0.25, 0.3) is 0 Å². The lowest BCUT2D eigenvalue weighted by Crippen LogP contribution is -2.38. The first-order valence-electron chi connectivity index (χ1n) is 6.91. The summed E-state index contributed by atoms with van der Waals surface area (Å²) in [5.74, 6) is -1.57. The van der Waals surface area contributed by atoms with Crippen LogP contribution >= 0.6 is 0 Å². The molecule has 0 bridgehead atoms. The Hall–Kier alpha value is -1.05. The number of nitrogens with one attached hydrogen (secondary N) is 1. The van der Waals surface area contributed by atoms with E-state index in [0.717, 1.165) is 25.0 Å². The Morgan fingerprint density at radius 3 is 2.57 bits per heavy atom. The summed E-state index contributed by atoms with van der Waals surface area (Å²) in [6.45, 7) is 1.49. The number of hydrogen-bond donors (Lipinski definition) is 2. The Balaban J connectivity index is 1.97. The summed E-state index contributed by atoms with van der Waals surface area (Å²) in [6, 6.07) is 2.19. The van der Waals surface area contributed by atoms with Gasteiger partial charge in [0.25, 0.3) is 0 Å². The first kappa shape index (κ1) is 16.3. The minimum Gasteiger partial charge on any atom is -0.387 e. The molecule has 0 heterocycles. The average molecular weight is 319 g/mol. The van der Waals surface area contributed by atoms with Gasteiger partial charge in [-0.05, 0) is 37.0 Å². The van der Waals surface area contributed by atoms with Gasteiger partial charge in [0, 0.05) is 6.04 Å². The van der Waals surface area contributed by atoms with Gasteiger partial charge in [-0.2, -0.15) is 0 Å². The summed E-state index contributed by atoms with van der Waals surface area (Å²) in [6.07, 6.45) is 1.52. The normalized spacial score (nSPS) is 18.5. The lowest BCUT2D eigenvalue weighted by molar-refractivity contribution is 0.146. The fraction of sp³-hybridized carbons (Fsp3) is 0.571. The molecule has 0 aliphatic heterocycles. The number of aliphatic hydroxyl groups excluding tert-OH is 1. The van der Waals surface area contributed by atoms with Crippen molar-refractivity contribution < 1.29 is 22.3 Å². The highest BCUT2D eigenvalue weighted by molar-refractivity contribution is 7.89. The lowest BCUT2D eigenvalue weighted by atomic mass is 10.0. The van der Waals surface area contributed by atoms with Crippen LogP contribution in [0.2, 0.25) is 0 Å². The van der Waals surface area contributed by atoms with E-state index in [2.05, 4.69) is 4.72 Å². The van der Waals surface area contributed by atoms with E-state index in [1.807, 2.05) is 0 Å².